The van der Waals surface area contributed by atoms with Gasteiger partial charge in [0.2, 0.25) is 5.91 Å². The quantitative estimate of drug-likeness (QED) is 0.268. The number of carbonyl (C=O) groups is 2. The second kappa shape index (κ2) is 14.6. The van der Waals surface area contributed by atoms with Crippen LogP contribution < -0.4 is 9.64 Å². The first-order chi connectivity index (χ1) is 20.5. The lowest BCUT2D eigenvalue weighted by atomic mass is 9.70. The number of anilines is 1. The van der Waals surface area contributed by atoms with Gasteiger partial charge in [-0.2, -0.15) is 0 Å². The molecule has 1 amide bonds. The van der Waals surface area contributed by atoms with E-state index < -0.39 is 18.2 Å². The van der Waals surface area contributed by atoms with Crippen LogP contribution in [0.25, 0.3) is 0 Å². The maximum Gasteiger partial charge on any atom is 0.337 e. The summed E-state index contributed by atoms with van der Waals surface area (Å²) in [5.74, 6) is -0.293. The fourth-order valence-corrected chi connectivity index (χ4v) is 6.42. The zero-order valence-corrected chi connectivity index (χ0v) is 26.3. The molecule has 1 fully saturated rings. The average molecular weight is 613 g/mol. The number of carboxylic acid groups (broad SMARTS) is 1. The Hall–Kier alpha value is -3.07. The minimum atomic E-state index is -1.63. The number of aryl methyl sites for hydroxylation is 1. The van der Waals surface area contributed by atoms with Crippen LogP contribution >= 0.6 is 11.6 Å². The zero-order valence-electron chi connectivity index (χ0n) is 25.6. The number of carboxylic acids is 1. The van der Waals surface area contributed by atoms with E-state index in [0.29, 0.717) is 42.5 Å². The highest BCUT2D eigenvalue weighted by atomic mass is 35.5. The van der Waals surface area contributed by atoms with Crippen molar-refractivity contribution in [1.29, 1.82) is 0 Å². The summed E-state index contributed by atoms with van der Waals surface area (Å²) in [6, 6.07) is 11.2. The monoisotopic (exact) mass is 612 g/mol. The molecule has 43 heavy (non-hydrogen) atoms. The van der Waals surface area contributed by atoms with E-state index in [2.05, 4.69) is 17.9 Å². The van der Waals surface area contributed by atoms with Crippen LogP contribution in [0.15, 0.2) is 48.6 Å². The summed E-state index contributed by atoms with van der Waals surface area (Å²) in [4.78, 5) is 27.2. The number of aliphatic hydroxyl groups is 2. The Morgan fingerprint density at radius 3 is 2.60 bits per heavy atom. The molecule has 2 aliphatic rings. The Morgan fingerprint density at radius 1 is 1.19 bits per heavy atom. The molecule has 0 spiro atoms. The van der Waals surface area contributed by atoms with E-state index in [-0.39, 0.29) is 29.7 Å². The molecule has 6 unspecified atom stereocenters. The van der Waals surface area contributed by atoms with Crippen LogP contribution in [0.3, 0.4) is 0 Å². The van der Waals surface area contributed by atoms with Gasteiger partial charge in [-0.05, 0) is 85.4 Å². The summed E-state index contributed by atoms with van der Waals surface area (Å²) in [5.41, 5.74) is 3.44. The molecule has 2 aromatic carbocycles. The van der Waals surface area contributed by atoms with E-state index in [1.807, 2.05) is 31.2 Å². The molecule has 4 rings (SSSR count). The van der Waals surface area contributed by atoms with Crippen molar-refractivity contribution < 1.29 is 29.6 Å². The first-order valence-corrected chi connectivity index (χ1v) is 15.7. The van der Waals surface area contributed by atoms with Gasteiger partial charge in [0.15, 0.2) is 6.10 Å². The smallest absolute Gasteiger partial charge is 0.337 e. The number of aliphatic carboxylic acids is 1. The Morgan fingerprint density at radius 2 is 1.95 bits per heavy atom. The van der Waals surface area contributed by atoms with E-state index >= 15 is 0 Å². The minimum absolute atomic E-state index is 0.0139. The van der Waals surface area contributed by atoms with Crippen molar-refractivity contribution in [1.82, 2.24) is 4.90 Å². The summed E-state index contributed by atoms with van der Waals surface area (Å²) in [5, 5.41) is 31.6. The Labute approximate surface area is 259 Å². The predicted molar refractivity (Wildman–Crippen MR) is 169 cm³/mol. The summed E-state index contributed by atoms with van der Waals surface area (Å²) >= 11 is 6.36. The standard InChI is InChI=1S/C34H45ClN2O6/c1-5-7-23-16-27(35)12-14-28(23)26-19-37(30-17-24(33(40)34(41)42)11-15-32(30)43-20-26)18-25-10-13-29(25)31(39)9-6-8-21(2)36(4)22(3)38/h6,9,11-12,14-17,21,25-26,29,31,33,39-40H,5,7-8,10,13,18-20H2,1-4H3,(H,41,42)/b9-6+. The molecule has 1 heterocycles. The predicted octanol–water partition coefficient (Wildman–Crippen LogP) is 5.59. The Balaban J connectivity index is 1.58. The highest BCUT2D eigenvalue weighted by Crippen LogP contribution is 2.43. The third-order valence-corrected chi connectivity index (χ3v) is 9.39. The van der Waals surface area contributed by atoms with Crippen molar-refractivity contribution in [2.45, 2.75) is 77.0 Å². The van der Waals surface area contributed by atoms with Gasteiger partial charge in [0.05, 0.1) is 18.4 Å². The molecular weight excluding hydrogens is 568 g/mol. The summed E-state index contributed by atoms with van der Waals surface area (Å²) < 4.78 is 6.33. The van der Waals surface area contributed by atoms with Crippen LogP contribution in [-0.2, 0) is 16.0 Å². The van der Waals surface area contributed by atoms with Crippen LogP contribution in [0.5, 0.6) is 5.75 Å². The number of halogens is 1. The second-order valence-corrected chi connectivity index (χ2v) is 12.5. The van der Waals surface area contributed by atoms with Crippen LogP contribution in [0.2, 0.25) is 5.02 Å². The number of benzene rings is 2. The zero-order chi connectivity index (χ0) is 31.3. The van der Waals surface area contributed by atoms with Crippen LogP contribution in [0.4, 0.5) is 5.69 Å². The molecule has 8 nitrogen and oxygen atoms in total. The number of fused-ring (bicyclic) bond motifs is 1. The molecule has 6 atom stereocenters. The maximum atomic E-state index is 11.7. The fraction of sp³-hybridized carbons (Fsp3) is 0.529. The number of hydrogen-bond acceptors (Lipinski definition) is 6. The van der Waals surface area contributed by atoms with Gasteiger partial charge < -0.3 is 29.9 Å². The Bertz CT molecular complexity index is 1320. The van der Waals surface area contributed by atoms with E-state index in [1.54, 1.807) is 37.1 Å². The van der Waals surface area contributed by atoms with E-state index in [9.17, 15) is 24.9 Å². The van der Waals surface area contributed by atoms with Crippen molar-refractivity contribution >= 4 is 29.2 Å². The molecule has 0 aromatic heterocycles. The third-order valence-electron chi connectivity index (χ3n) is 9.16. The van der Waals surface area contributed by atoms with Gasteiger partial charge in [-0.3, -0.25) is 4.79 Å². The van der Waals surface area contributed by atoms with Crippen molar-refractivity contribution in [3.63, 3.8) is 0 Å². The average Bonchev–Trinajstić information content (AvgIpc) is 3.13. The minimum Gasteiger partial charge on any atom is -0.491 e. The van der Waals surface area contributed by atoms with E-state index in [4.69, 9.17) is 16.3 Å². The van der Waals surface area contributed by atoms with Crippen molar-refractivity contribution in [3.05, 3.63) is 70.3 Å². The molecule has 1 aliphatic carbocycles. The largest absolute Gasteiger partial charge is 0.491 e. The second-order valence-electron chi connectivity index (χ2n) is 12.1. The van der Waals surface area contributed by atoms with Crippen molar-refractivity contribution in [3.8, 4) is 5.75 Å². The summed E-state index contributed by atoms with van der Waals surface area (Å²) in [6.45, 7) is 7.44. The first kappa shape index (κ1) is 32.8. The number of ether oxygens (including phenoxy) is 1. The SMILES string of the molecule is CCCc1cc(Cl)ccc1C1COc2ccc(C(O)C(=O)O)cc2N(CC2CCC2C(O)/C=C/CC(C)N(C)C(C)=O)C1. The van der Waals surface area contributed by atoms with Gasteiger partial charge in [0.1, 0.15) is 5.75 Å². The van der Waals surface area contributed by atoms with Gasteiger partial charge in [-0.15, -0.1) is 0 Å². The van der Waals surface area contributed by atoms with Gasteiger partial charge in [-0.1, -0.05) is 49.2 Å². The lowest BCUT2D eigenvalue weighted by Gasteiger charge is -2.42. The number of rotatable bonds is 12. The number of nitrogens with zero attached hydrogens (tertiary/aromatic N) is 2. The molecule has 1 aliphatic heterocycles. The lowest BCUT2D eigenvalue weighted by Crippen LogP contribution is -2.44. The number of aliphatic hydroxyl groups excluding tert-OH is 2. The van der Waals surface area contributed by atoms with E-state index in [0.717, 1.165) is 31.4 Å². The first-order valence-electron chi connectivity index (χ1n) is 15.3. The van der Waals surface area contributed by atoms with Crippen LogP contribution in [-0.4, -0.2) is 71.0 Å². The third kappa shape index (κ3) is 7.91. The highest BCUT2D eigenvalue weighted by Gasteiger charge is 2.38. The van der Waals surface area contributed by atoms with Crippen molar-refractivity contribution in [2.75, 3.05) is 31.6 Å². The number of amides is 1. The molecule has 0 radical (unpaired) electrons. The molecule has 1 saturated carbocycles. The van der Waals surface area contributed by atoms with Gasteiger partial charge in [0, 0.05) is 44.0 Å². The normalized spacial score (nSPS) is 22.1. The summed E-state index contributed by atoms with van der Waals surface area (Å²) in [7, 11) is 1.78. The molecule has 0 saturated heterocycles. The lowest BCUT2D eigenvalue weighted by molar-refractivity contribution is -0.147. The van der Waals surface area contributed by atoms with E-state index in [1.165, 1.54) is 11.1 Å². The molecule has 234 valence electrons. The number of carbonyl (C=O) groups excluding carboxylic acids is 1. The van der Waals surface area contributed by atoms with Crippen LogP contribution in [0, 0.1) is 11.8 Å². The molecule has 9 heteroatoms. The van der Waals surface area contributed by atoms with Gasteiger partial charge in [-0.25, -0.2) is 4.79 Å². The molecule has 3 N–H and O–H groups in total. The molecule has 0 bridgehead atoms. The maximum absolute atomic E-state index is 11.7. The van der Waals surface area contributed by atoms with Crippen molar-refractivity contribution in [2.24, 2.45) is 11.8 Å². The molecule has 2 aromatic rings. The van der Waals surface area contributed by atoms with Gasteiger partial charge >= 0.3 is 5.97 Å². The van der Waals surface area contributed by atoms with Gasteiger partial charge in [0.25, 0.3) is 0 Å². The van der Waals surface area contributed by atoms with Crippen LogP contribution in [0.1, 0.15) is 75.2 Å². The fourth-order valence-electron chi connectivity index (χ4n) is 6.22. The summed E-state index contributed by atoms with van der Waals surface area (Å²) in [6.07, 6.45) is 6.02. The molecular formula is C34H45ClN2O6. The Kier molecular flexibility index (Phi) is 11.2. The highest BCUT2D eigenvalue weighted by molar-refractivity contribution is 6.30. The topological polar surface area (TPSA) is 111 Å². The number of hydrogen-bond donors (Lipinski definition) is 3.